The Kier molecular flexibility index (Phi) is 2.50. The van der Waals surface area contributed by atoms with Gasteiger partial charge in [0.1, 0.15) is 11.2 Å². The second kappa shape index (κ2) is 11.1. The van der Waals surface area contributed by atoms with Crippen molar-refractivity contribution in [2.75, 3.05) is 0 Å². The fraction of sp³-hybridized carbons (Fsp3) is 0. The van der Waals surface area contributed by atoms with Crippen molar-refractivity contribution in [3.63, 3.8) is 0 Å². The van der Waals surface area contributed by atoms with E-state index in [1.54, 1.807) is 0 Å². The number of rotatable bonds is 4. The fourth-order valence-electron chi connectivity index (χ4n) is 5.69. The first-order valence-corrected chi connectivity index (χ1v) is 14.4. The SMILES string of the molecule is [2H]c1c([2H])c([2H])c(-c2c([2H])c([2H])c([2H])c3c2oc2c([2H])c(-c4c5c([2H])c([2H])c([2H])c([2H])c5c(-c5c([2H])c([2H])c(-c6c([2H])c([2H])c7c([2H])c([2H])c([2H])c([2H])c7c6[2H])c([2H])c5[2H])c5c([2H])c([2H])c([2H])c([2H])c45)c([2H])c([2H])c23)c([2H])c1[2H]. The minimum Gasteiger partial charge on any atom is -0.455 e. The molecule has 10 rings (SSSR count). The second-order valence-corrected chi connectivity index (χ2v) is 10.5. The minimum absolute atomic E-state index is 0.529. The molecule has 1 nitrogen and oxygen atoms in total. The molecule has 0 aliphatic carbocycles. The van der Waals surface area contributed by atoms with Crippen molar-refractivity contribution in [1.29, 1.82) is 0 Å². The number of hydrogen-bond acceptors (Lipinski definition) is 1. The third-order valence-electron chi connectivity index (χ3n) is 7.81. The predicted octanol–water partition coefficient (Wildman–Crippen LogP) is 13.7. The molecule has 0 aliphatic rings. The van der Waals surface area contributed by atoms with Gasteiger partial charge in [-0.1, -0.05) is 163 Å². The molecule has 0 atom stereocenters. The van der Waals surface area contributed by atoms with E-state index in [1.165, 1.54) is 0 Å². The van der Waals surface area contributed by atoms with Crippen LogP contribution in [0.5, 0.6) is 0 Å². The van der Waals surface area contributed by atoms with E-state index in [0.29, 0.717) is 0 Å². The van der Waals surface area contributed by atoms with Crippen molar-refractivity contribution in [1.82, 2.24) is 0 Å². The van der Waals surface area contributed by atoms with Crippen molar-refractivity contribution in [3.05, 3.63) is 181 Å². The zero-order valence-electron chi connectivity index (χ0n) is 54.4. The van der Waals surface area contributed by atoms with Gasteiger partial charge in [0, 0.05) is 16.3 Å². The summed E-state index contributed by atoms with van der Waals surface area (Å²) in [4.78, 5) is 0. The molecule has 0 N–H and O–H groups in total. The highest BCUT2D eigenvalue weighted by molar-refractivity contribution is 6.22. The van der Waals surface area contributed by atoms with Gasteiger partial charge in [-0.15, -0.1) is 0 Å². The number of benzene rings is 9. The third kappa shape index (κ3) is 4.47. The van der Waals surface area contributed by atoms with Crippen LogP contribution in [0.1, 0.15) is 41.1 Å². The largest absolute Gasteiger partial charge is 0.455 e. The zero-order valence-corrected chi connectivity index (χ0v) is 24.4. The third-order valence-corrected chi connectivity index (χ3v) is 7.81. The Bertz CT molecular complexity index is 4460. The average Bonchev–Trinajstić information content (AvgIpc) is 4.08. The Balaban J connectivity index is 1.41. The first-order chi connectivity index (χ1) is 36.8. The summed E-state index contributed by atoms with van der Waals surface area (Å²) in [5.74, 6) is 0. The highest BCUT2D eigenvalue weighted by atomic mass is 16.3. The van der Waals surface area contributed by atoms with E-state index in [2.05, 4.69) is 0 Å². The number of furan rings is 1. The molecule has 0 fully saturated rings. The average molecular weight is 653 g/mol. The van der Waals surface area contributed by atoms with Crippen molar-refractivity contribution < 1.29 is 45.5 Å². The Hall–Kier alpha value is -6.44. The van der Waals surface area contributed by atoms with Crippen molar-refractivity contribution in [2.24, 2.45) is 0 Å². The Morgan fingerprint density at radius 3 is 1.59 bits per heavy atom. The summed E-state index contributed by atoms with van der Waals surface area (Å²) in [6.45, 7) is 0. The van der Waals surface area contributed by atoms with Crippen LogP contribution in [0.2, 0.25) is 0 Å². The molecule has 0 amide bonds. The van der Waals surface area contributed by atoms with E-state index in [-0.39, 0.29) is 0 Å². The van der Waals surface area contributed by atoms with Gasteiger partial charge in [0.05, 0.1) is 41.1 Å². The highest BCUT2D eigenvalue weighted by Gasteiger charge is 2.18. The van der Waals surface area contributed by atoms with Gasteiger partial charge in [-0.25, -0.2) is 0 Å². The lowest BCUT2D eigenvalue weighted by molar-refractivity contribution is 0.670. The lowest BCUT2D eigenvalue weighted by Crippen LogP contribution is -1.91. The number of fused-ring (bicyclic) bond motifs is 6. The molecule has 0 bridgehead atoms. The van der Waals surface area contributed by atoms with E-state index in [0.717, 1.165) is 0 Å². The van der Waals surface area contributed by atoms with Crippen LogP contribution in [0.4, 0.5) is 0 Å². The zero-order chi connectivity index (χ0) is 58.4. The van der Waals surface area contributed by atoms with Crippen LogP contribution < -0.4 is 0 Å². The molecule has 0 spiro atoms. The van der Waals surface area contributed by atoms with Gasteiger partial charge in [-0.2, -0.15) is 0 Å². The molecule has 0 saturated heterocycles. The second-order valence-electron chi connectivity index (χ2n) is 10.5. The van der Waals surface area contributed by atoms with Crippen LogP contribution in [-0.4, -0.2) is 0 Å². The summed E-state index contributed by atoms with van der Waals surface area (Å²) < 4.78 is 275. The summed E-state index contributed by atoms with van der Waals surface area (Å²) in [7, 11) is 0. The van der Waals surface area contributed by atoms with E-state index in [9.17, 15) is 15.1 Å². The number of hydrogen-bond donors (Lipinski definition) is 0. The van der Waals surface area contributed by atoms with Gasteiger partial charge >= 0.3 is 0 Å². The van der Waals surface area contributed by atoms with Crippen LogP contribution in [0, 0.1) is 0 Å². The van der Waals surface area contributed by atoms with Gasteiger partial charge < -0.3 is 4.42 Å². The monoisotopic (exact) mass is 652 g/mol. The first-order valence-electron chi connectivity index (χ1n) is 29.4. The lowest BCUT2D eigenvalue weighted by atomic mass is 9.85. The van der Waals surface area contributed by atoms with Gasteiger partial charge in [-0.05, 0) is 89.4 Å². The van der Waals surface area contributed by atoms with Crippen molar-refractivity contribution in [3.8, 4) is 44.5 Å². The Labute approximate surface area is 326 Å². The van der Waals surface area contributed by atoms with E-state index in [1.807, 2.05) is 0 Å². The van der Waals surface area contributed by atoms with Gasteiger partial charge in [-0.3, -0.25) is 0 Å². The van der Waals surface area contributed by atoms with Crippen LogP contribution in [0.3, 0.4) is 0 Å². The molecule has 1 heteroatoms. The smallest absolute Gasteiger partial charge is 0.143 e. The van der Waals surface area contributed by atoms with Crippen LogP contribution >= 0.6 is 0 Å². The van der Waals surface area contributed by atoms with E-state index in [4.69, 9.17) is 30.5 Å². The molecule has 0 radical (unpaired) electrons. The molecule has 10 aromatic rings. The molecule has 0 aliphatic heterocycles. The fourth-order valence-corrected chi connectivity index (χ4v) is 5.69. The van der Waals surface area contributed by atoms with Crippen molar-refractivity contribution >= 4 is 54.3 Å². The van der Waals surface area contributed by atoms with Gasteiger partial charge in [0.25, 0.3) is 0 Å². The van der Waals surface area contributed by atoms with Crippen LogP contribution in [-0.2, 0) is 0 Å². The minimum atomic E-state index is -1.12. The quantitative estimate of drug-likeness (QED) is 0.172. The van der Waals surface area contributed by atoms with E-state index >= 15 is 0 Å². The van der Waals surface area contributed by atoms with Crippen LogP contribution in [0.15, 0.2) is 186 Å². The van der Waals surface area contributed by atoms with Gasteiger partial charge in [0.15, 0.2) is 0 Å². The van der Waals surface area contributed by atoms with Crippen LogP contribution in [0.25, 0.3) is 98.8 Å². The molecule has 0 unspecified atom stereocenters. The summed E-state index contributed by atoms with van der Waals surface area (Å²) in [5.41, 5.74) is -7.61. The topological polar surface area (TPSA) is 13.1 Å². The summed E-state index contributed by atoms with van der Waals surface area (Å²) >= 11 is 0. The Morgan fingerprint density at radius 2 is 0.878 bits per heavy atom. The molecular formula is C48H30O. The number of para-hydroxylation sites is 1. The molecule has 49 heavy (non-hydrogen) atoms. The maximum absolute atomic E-state index is 9.78. The summed E-state index contributed by atoms with van der Waals surface area (Å²) in [6.07, 6.45) is 0. The van der Waals surface area contributed by atoms with Gasteiger partial charge in [0.2, 0.25) is 0 Å². The molecule has 0 saturated carbocycles. The van der Waals surface area contributed by atoms with Crippen molar-refractivity contribution in [2.45, 2.75) is 0 Å². The Morgan fingerprint density at radius 1 is 0.327 bits per heavy atom. The molecule has 228 valence electrons. The lowest BCUT2D eigenvalue weighted by Gasteiger charge is -2.18. The normalized spacial score (nSPS) is 20.2. The summed E-state index contributed by atoms with van der Waals surface area (Å²) in [5, 5.41) is -5.35. The molecule has 1 heterocycles. The molecule has 9 aromatic carbocycles. The standard InChI is InChI=1S/C48H30O/c1-2-12-33(13-3-1)38-19-10-20-44-39-28-27-37(30-45(39)49-48(38)44)47-42-17-8-6-15-40(42)46(41-16-7-9-18-43(41)47)34-24-21-32(22-25-34)36-26-23-31-11-4-5-14-35(31)29-36/h1-30H/i1D,2D,3D,4D,5D,6D,7D,8D,9D,10D,11D,12D,13D,14D,15D,16D,17D,18D,19D,20D,21D,22D,23D,24D,25D,26D,27D,28D,29D,30D. The maximum Gasteiger partial charge on any atom is 0.143 e. The predicted molar refractivity (Wildman–Crippen MR) is 208 cm³/mol. The first kappa shape index (κ1) is 11.1. The summed E-state index contributed by atoms with van der Waals surface area (Å²) in [6, 6.07) is -28.4. The molecular weight excluding hydrogens is 593 g/mol. The molecule has 1 aromatic heterocycles. The maximum atomic E-state index is 9.78. The van der Waals surface area contributed by atoms with E-state index < -0.39 is 280 Å². The highest BCUT2D eigenvalue weighted by Crippen LogP contribution is 2.45.